The highest BCUT2D eigenvalue weighted by molar-refractivity contribution is 7.12. The molecule has 0 aliphatic carbocycles. The molecule has 41 heavy (non-hydrogen) atoms. The number of nitrogens with zero attached hydrogens (tertiary/aromatic N) is 1. The number of unbranched alkanes of at least 4 members (excludes halogenated alkanes) is 11. The molecule has 1 heterocycles. The third-order valence-corrected chi connectivity index (χ3v) is 8.74. The number of nitrogens with one attached hydrogen (secondary N) is 1. The Morgan fingerprint density at radius 3 is 2.12 bits per heavy atom. The molecule has 3 rings (SSSR count). The van der Waals surface area contributed by atoms with Crippen LogP contribution in [0, 0.1) is 0 Å². The van der Waals surface area contributed by atoms with Gasteiger partial charge in [0.25, 0.3) is 5.01 Å². The van der Waals surface area contributed by atoms with E-state index in [0.29, 0.717) is 6.61 Å². The third-order valence-electron chi connectivity index (χ3n) is 7.76. The Morgan fingerprint density at radius 2 is 1.51 bits per heavy atom. The smallest absolute Gasteiger partial charge is 0.270 e. The van der Waals surface area contributed by atoms with Crippen molar-refractivity contribution in [1.82, 2.24) is 0 Å². The Kier molecular flexibility index (Phi) is 13.9. The summed E-state index contributed by atoms with van der Waals surface area (Å²) < 4.78 is 8.42. The number of thiazole rings is 1. The van der Waals surface area contributed by atoms with Crippen LogP contribution in [0.25, 0.3) is 10.6 Å². The minimum atomic E-state index is -0.0321. The number of hydrogen-bond donors (Lipinski definition) is 1. The number of amides is 1. The van der Waals surface area contributed by atoms with Gasteiger partial charge in [0.2, 0.25) is 5.91 Å². The molecule has 224 valence electrons. The minimum absolute atomic E-state index is 0.0179. The van der Waals surface area contributed by atoms with Crippen molar-refractivity contribution in [3.8, 4) is 16.3 Å². The van der Waals surface area contributed by atoms with E-state index < -0.39 is 0 Å². The standard InChI is InChI=1S/C36H52N2O2S/c1-6-7-8-9-10-11-12-13-14-15-16-19-25-40-33-28-30(36(2,3)4)23-22-29(33)27-34(39)37-32-21-18-17-20-31(32)35-38(5)24-26-41-35/h17-18,20-24,26,28H,6-16,19,25,27H2,1-5H3/p+1. The SMILES string of the molecule is CCCCCCCCCCCCCCOc1cc(C(C)(C)C)ccc1CC(=O)Nc1ccccc1-c1scc[n+]1C. The molecular weight excluding hydrogens is 524 g/mol. The Hall–Kier alpha value is -2.66. The summed E-state index contributed by atoms with van der Waals surface area (Å²) in [4.78, 5) is 13.2. The van der Waals surface area contributed by atoms with E-state index in [2.05, 4.69) is 67.2 Å². The molecule has 0 spiro atoms. The summed E-state index contributed by atoms with van der Waals surface area (Å²) in [5.41, 5.74) is 4.05. The lowest BCUT2D eigenvalue weighted by atomic mass is 9.86. The zero-order chi connectivity index (χ0) is 29.5. The first-order valence-electron chi connectivity index (χ1n) is 15.9. The lowest BCUT2D eigenvalue weighted by Gasteiger charge is -2.21. The van der Waals surface area contributed by atoms with Crippen LogP contribution in [0.15, 0.2) is 54.0 Å². The average Bonchev–Trinajstić information content (AvgIpc) is 3.37. The molecule has 5 heteroatoms. The second-order valence-electron chi connectivity index (χ2n) is 12.4. The van der Waals surface area contributed by atoms with Gasteiger partial charge in [-0.2, -0.15) is 4.57 Å². The van der Waals surface area contributed by atoms with Crippen LogP contribution in [0.2, 0.25) is 0 Å². The largest absolute Gasteiger partial charge is 0.493 e. The molecule has 0 aliphatic rings. The van der Waals surface area contributed by atoms with Crippen molar-refractivity contribution in [2.24, 2.45) is 7.05 Å². The zero-order valence-corrected chi connectivity index (χ0v) is 27.1. The highest BCUT2D eigenvalue weighted by Gasteiger charge is 2.20. The van der Waals surface area contributed by atoms with E-state index in [1.54, 1.807) is 11.3 Å². The lowest BCUT2D eigenvalue weighted by molar-refractivity contribution is -0.655. The molecule has 1 aromatic heterocycles. The predicted molar refractivity (Wildman–Crippen MR) is 175 cm³/mol. The van der Waals surface area contributed by atoms with Gasteiger partial charge in [-0.3, -0.25) is 4.79 Å². The maximum absolute atomic E-state index is 13.2. The number of hydrogen-bond acceptors (Lipinski definition) is 3. The Morgan fingerprint density at radius 1 is 0.878 bits per heavy atom. The van der Waals surface area contributed by atoms with E-state index in [1.807, 2.05) is 31.4 Å². The van der Waals surface area contributed by atoms with Gasteiger partial charge in [0.15, 0.2) is 6.20 Å². The van der Waals surface area contributed by atoms with Crippen LogP contribution in [0.4, 0.5) is 5.69 Å². The predicted octanol–water partition coefficient (Wildman–Crippen LogP) is 9.80. The summed E-state index contributed by atoms with van der Waals surface area (Å²) >= 11 is 1.67. The quantitative estimate of drug-likeness (QED) is 0.121. The number of para-hydroxylation sites is 1. The number of anilines is 1. The van der Waals surface area contributed by atoms with Crippen LogP contribution < -0.4 is 14.6 Å². The fraction of sp³-hybridized carbons (Fsp3) is 0.556. The van der Waals surface area contributed by atoms with Crippen LogP contribution >= 0.6 is 11.3 Å². The monoisotopic (exact) mass is 577 g/mol. The van der Waals surface area contributed by atoms with Crippen LogP contribution in [0.5, 0.6) is 5.75 Å². The second kappa shape index (κ2) is 17.3. The van der Waals surface area contributed by atoms with Crippen molar-refractivity contribution in [3.63, 3.8) is 0 Å². The summed E-state index contributed by atoms with van der Waals surface area (Å²) in [6.45, 7) is 9.61. The van der Waals surface area contributed by atoms with E-state index in [4.69, 9.17) is 4.74 Å². The summed E-state index contributed by atoms with van der Waals surface area (Å²) in [7, 11) is 2.03. The highest BCUT2D eigenvalue weighted by Crippen LogP contribution is 2.31. The normalized spacial score (nSPS) is 11.5. The molecule has 0 bridgehead atoms. The van der Waals surface area contributed by atoms with Gasteiger partial charge in [0, 0.05) is 5.56 Å². The fourth-order valence-electron chi connectivity index (χ4n) is 5.16. The third kappa shape index (κ3) is 11.3. The molecule has 1 amide bonds. The maximum atomic E-state index is 13.2. The molecule has 0 atom stereocenters. The molecule has 1 N–H and O–H groups in total. The van der Waals surface area contributed by atoms with Crippen LogP contribution in [-0.4, -0.2) is 12.5 Å². The van der Waals surface area contributed by atoms with E-state index >= 15 is 0 Å². The van der Waals surface area contributed by atoms with Crippen molar-refractivity contribution < 1.29 is 14.1 Å². The summed E-state index contributed by atoms with van der Waals surface area (Å²) in [5.74, 6) is 0.809. The molecule has 0 saturated heterocycles. The summed E-state index contributed by atoms with van der Waals surface area (Å²) in [6.07, 6.45) is 18.2. The van der Waals surface area contributed by atoms with E-state index in [-0.39, 0.29) is 17.7 Å². The summed E-state index contributed by atoms with van der Waals surface area (Å²) in [6, 6.07) is 14.4. The Bertz CT molecular complexity index is 1190. The van der Waals surface area contributed by atoms with Gasteiger partial charge < -0.3 is 10.1 Å². The Balaban J connectivity index is 1.50. The van der Waals surface area contributed by atoms with Crippen molar-refractivity contribution in [2.75, 3.05) is 11.9 Å². The van der Waals surface area contributed by atoms with Crippen LogP contribution in [0.1, 0.15) is 116 Å². The van der Waals surface area contributed by atoms with Crippen molar-refractivity contribution in [1.29, 1.82) is 0 Å². The van der Waals surface area contributed by atoms with E-state index in [0.717, 1.165) is 34.0 Å². The number of carbonyl (C=O) groups excluding carboxylic acids is 1. The molecule has 0 radical (unpaired) electrons. The van der Waals surface area contributed by atoms with Gasteiger partial charge in [-0.1, -0.05) is 134 Å². The number of benzene rings is 2. The second-order valence-corrected chi connectivity index (χ2v) is 13.3. The zero-order valence-electron chi connectivity index (χ0n) is 26.3. The van der Waals surface area contributed by atoms with Gasteiger partial charge in [-0.25, -0.2) is 0 Å². The summed E-state index contributed by atoms with van der Waals surface area (Å²) in [5, 5.41) is 6.34. The van der Waals surface area contributed by atoms with Crippen LogP contribution in [0.3, 0.4) is 0 Å². The molecule has 0 saturated carbocycles. The molecule has 0 fully saturated rings. The van der Waals surface area contributed by atoms with Gasteiger partial charge in [-0.15, -0.1) is 0 Å². The molecule has 0 unspecified atom stereocenters. The lowest BCUT2D eigenvalue weighted by Crippen LogP contribution is -2.27. The van der Waals surface area contributed by atoms with Crippen molar-refractivity contribution in [3.05, 3.63) is 65.2 Å². The maximum Gasteiger partial charge on any atom is 0.270 e. The van der Waals surface area contributed by atoms with Gasteiger partial charge >= 0.3 is 0 Å². The number of aryl methyl sites for hydroxylation is 1. The number of ether oxygens (including phenoxy) is 1. The topological polar surface area (TPSA) is 42.2 Å². The number of carbonyl (C=O) groups is 1. The van der Waals surface area contributed by atoms with Crippen molar-refractivity contribution >= 4 is 22.9 Å². The molecule has 0 aliphatic heterocycles. The van der Waals surface area contributed by atoms with Gasteiger partial charge in [0.1, 0.15) is 12.8 Å². The molecule has 4 nitrogen and oxygen atoms in total. The molecular formula is C36H53N2O2S+. The first-order valence-corrected chi connectivity index (χ1v) is 16.8. The van der Waals surface area contributed by atoms with Gasteiger partial charge in [-0.05, 0) is 35.6 Å². The fourth-order valence-corrected chi connectivity index (χ4v) is 6.07. The van der Waals surface area contributed by atoms with E-state index in [1.165, 1.54) is 76.2 Å². The first-order chi connectivity index (χ1) is 19.8. The molecule has 2 aromatic carbocycles. The average molecular weight is 578 g/mol. The minimum Gasteiger partial charge on any atom is -0.493 e. The first kappa shape index (κ1) is 32.8. The highest BCUT2D eigenvalue weighted by atomic mass is 32.1. The van der Waals surface area contributed by atoms with E-state index in [9.17, 15) is 4.79 Å². The van der Waals surface area contributed by atoms with Crippen LogP contribution in [-0.2, 0) is 23.7 Å². The molecule has 3 aromatic rings. The van der Waals surface area contributed by atoms with Crippen molar-refractivity contribution in [2.45, 2.75) is 117 Å². The Labute approximate surface area is 253 Å². The van der Waals surface area contributed by atoms with Gasteiger partial charge in [0.05, 0.1) is 29.7 Å². The number of rotatable bonds is 18. The number of aromatic nitrogens is 1.